The number of nitrogens with two attached hydrogens (primary N) is 1. The predicted molar refractivity (Wildman–Crippen MR) is 107 cm³/mol. The Balaban J connectivity index is 1.89. The maximum absolute atomic E-state index is 12.6. The minimum Gasteiger partial charge on any atom is -0.394 e. The van der Waals surface area contributed by atoms with E-state index in [2.05, 4.69) is 12.1 Å². The number of benzene rings is 1. The normalized spacial score (nSPS) is 13.6. The Morgan fingerprint density at radius 3 is 2.58 bits per heavy atom. The van der Waals surface area contributed by atoms with Gasteiger partial charge in [0.1, 0.15) is 0 Å². The zero-order valence-electron chi connectivity index (χ0n) is 15.7. The molecule has 0 bridgehead atoms. The molecule has 0 fully saturated rings. The summed E-state index contributed by atoms with van der Waals surface area (Å²) < 4.78 is 1.87. The van der Waals surface area contributed by atoms with Gasteiger partial charge in [-0.15, -0.1) is 0 Å². The third-order valence-corrected chi connectivity index (χ3v) is 5.17. The number of aryl methyl sites for hydroxylation is 1. The fourth-order valence-electron chi connectivity index (χ4n) is 3.03. The van der Waals surface area contributed by atoms with Gasteiger partial charge in [0.15, 0.2) is 5.78 Å². The summed E-state index contributed by atoms with van der Waals surface area (Å²) >= 11 is 6.33. The number of aromatic nitrogens is 1. The fourth-order valence-corrected chi connectivity index (χ4v) is 3.36. The highest BCUT2D eigenvalue weighted by Gasteiger charge is 2.21. The summed E-state index contributed by atoms with van der Waals surface area (Å²) in [6, 6.07) is 12.1. The molecule has 0 amide bonds. The molecule has 1 aromatic carbocycles. The molecule has 1 atom stereocenters. The lowest BCUT2D eigenvalue weighted by Gasteiger charge is -2.21. The van der Waals surface area contributed by atoms with Crippen molar-refractivity contribution in [3.8, 4) is 0 Å². The van der Waals surface area contributed by atoms with Crippen molar-refractivity contribution in [1.29, 1.82) is 0 Å². The molecule has 142 valence electrons. The van der Waals surface area contributed by atoms with Crippen molar-refractivity contribution in [3.63, 3.8) is 0 Å². The molecule has 0 radical (unpaired) electrons. The van der Waals surface area contributed by atoms with Gasteiger partial charge in [0.05, 0.1) is 17.3 Å². The van der Waals surface area contributed by atoms with Gasteiger partial charge in [0, 0.05) is 24.7 Å². The number of halogens is 1. The van der Waals surface area contributed by atoms with Gasteiger partial charge >= 0.3 is 0 Å². The van der Waals surface area contributed by atoms with Gasteiger partial charge in [-0.1, -0.05) is 41.9 Å². The number of carbonyl (C=O) groups excluding carboxylic acids is 1. The molecule has 3 N–H and O–H groups in total. The molecule has 2 aromatic rings. The smallest absolute Gasteiger partial charge is 0.179 e. The van der Waals surface area contributed by atoms with Crippen LogP contribution in [0.2, 0.25) is 5.02 Å². The maximum Gasteiger partial charge on any atom is 0.179 e. The van der Waals surface area contributed by atoms with Crippen LogP contribution in [-0.4, -0.2) is 27.6 Å². The van der Waals surface area contributed by atoms with Crippen LogP contribution in [0, 0.1) is 0 Å². The highest BCUT2D eigenvalue weighted by atomic mass is 35.5. The lowest BCUT2D eigenvalue weighted by atomic mass is 9.97. The summed E-state index contributed by atoms with van der Waals surface area (Å²) in [5, 5.41) is 9.88. The standard InChI is InChI=1S/C21H29ClN2O2/c1-21(23,15-25)13-12-18-17(22)14-19(24(18)2)20(26)11-7-6-10-16-8-4-3-5-9-16/h3-5,8-9,14,25H,6-7,10-13,15,23H2,1-2H3. The largest absolute Gasteiger partial charge is 0.394 e. The van der Waals surface area contributed by atoms with Crippen LogP contribution in [0.15, 0.2) is 36.4 Å². The quantitative estimate of drug-likeness (QED) is 0.487. The van der Waals surface area contributed by atoms with E-state index in [1.165, 1.54) is 5.56 Å². The summed E-state index contributed by atoms with van der Waals surface area (Å²) in [5.41, 5.74) is 8.19. The molecular formula is C21H29ClN2O2. The second kappa shape index (κ2) is 9.36. The Kier molecular flexibility index (Phi) is 7.44. The van der Waals surface area contributed by atoms with Crippen molar-refractivity contribution in [1.82, 2.24) is 4.57 Å². The number of hydrogen-bond donors (Lipinski definition) is 2. The van der Waals surface area contributed by atoms with Crippen LogP contribution in [0.5, 0.6) is 0 Å². The highest BCUT2D eigenvalue weighted by molar-refractivity contribution is 6.31. The van der Waals surface area contributed by atoms with Crippen molar-refractivity contribution in [2.24, 2.45) is 12.8 Å². The van der Waals surface area contributed by atoms with Crippen molar-refractivity contribution in [2.75, 3.05) is 6.61 Å². The van der Waals surface area contributed by atoms with Crippen LogP contribution in [0.25, 0.3) is 0 Å². The molecule has 0 aliphatic carbocycles. The molecule has 1 heterocycles. The third-order valence-electron chi connectivity index (χ3n) is 4.85. The zero-order valence-corrected chi connectivity index (χ0v) is 16.4. The summed E-state index contributed by atoms with van der Waals surface area (Å²) in [7, 11) is 1.87. The van der Waals surface area contributed by atoms with Crippen LogP contribution in [0.1, 0.15) is 54.4 Å². The summed E-state index contributed by atoms with van der Waals surface area (Å²) in [6.07, 6.45) is 4.59. The van der Waals surface area contributed by atoms with Crippen LogP contribution >= 0.6 is 11.6 Å². The first kappa shape index (κ1) is 20.7. The molecule has 1 unspecified atom stereocenters. The lowest BCUT2D eigenvalue weighted by Crippen LogP contribution is -2.40. The third kappa shape index (κ3) is 5.70. The van der Waals surface area contributed by atoms with Gasteiger partial charge in [-0.2, -0.15) is 0 Å². The SMILES string of the molecule is Cn1c(C(=O)CCCCc2ccccc2)cc(Cl)c1CCC(C)(N)CO. The van der Waals surface area contributed by atoms with Crippen LogP contribution in [0.3, 0.4) is 0 Å². The second-order valence-electron chi connectivity index (χ2n) is 7.31. The number of carbonyl (C=O) groups is 1. The molecule has 0 spiro atoms. The molecule has 5 heteroatoms. The van der Waals surface area contributed by atoms with E-state index < -0.39 is 5.54 Å². The van der Waals surface area contributed by atoms with Crippen molar-refractivity contribution >= 4 is 17.4 Å². The van der Waals surface area contributed by atoms with Gasteiger partial charge in [-0.3, -0.25) is 4.79 Å². The minimum absolute atomic E-state index is 0.0811. The second-order valence-corrected chi connectivity index (χ2v) is 7.72. The molecule has 0 saturated heterocycles. The van der Waals surface area contributed by atoms with Gasteiger partial charge in [-0.25, -0.2) is 0 Å². The Morgan fingerprint density at radius 2 is 1.92 bits per heavy atom. The number of ketones is 1. The number of aliphatic hydroxyl groups excluding tert-OH is 1. The number of aliphatic hydroxyl groups is 1. The van der Waals surface area contributed by atoms with E-state index in [-0.39, 0.29) is 12.4 Å². The molecule has 1 aromatic heterocycles. The summed E-state index contributed by atoms with van der Waals surface area (Å²) in [4.78, 5) is 12.6. The van der Waals surface area contributed by atoms with E-state index in [4.69, 9.17) is 17.3 Å². The fraction of sp³-hybridized carbons (Fsp3) is 0.476. The summed E-state index contributed by atoms with van der Waals surface area (Å²) in [6.45, 7) is 1.73. The molecule has 4 nitrogen and oxygen atoms in total. The number of nitrogens with zero attached hydrogens (tertiary/aromatic N) is 1. The van der Waals surface area contributed by atoms with Gasteiger partial charge in [0.2, 0.25) is 0 Å². The Morgan fingerprint density at radius 1 is 1.23 bits per heavy atom. The maximum atomic E-state index is 12.6. The molecular weight excluding hydrogens is 348 g/mol. The van der Waals surface area contributed by atoms with Crippen molar-refractivity contribution < 1.29 is 9.90 Å². The van der Waals surface area contributed by atoms with Gasteiger partial charge < -0.3 is 15.4 Å². The minimum atomic E-state index is -0.644. The molecule has 0 saturated carbocycles. The zero-order chi connectivity index (χ0) is 19.2. The molecule has 0 aliphatic heterocycles. The number of rotatable bonds is 10. The molecule has 2 rings (SSSR count). The average molecular weight is 377 g/mol. The van der Waals surface area contributed by atoms with E-state index in [0.717, 1.165) is 25.0 Å². The lowest BCUT2D eigenvalue weighted by molar-refractivity contribution is 0.0971. The molecule has 0 aliphatic rings. The predicted octanol–water partition coefficient (Wildman–Crippen LogP) is 3.92. The number of Topliss-reactive ketones (excluding diaryl/α,β-unsaturated/α-hetero) is 1. The topological polar surface area (TPSA) is 68.2 Å². The molecule has 26 heavy (non-hydrogen) atoms. The van der Waals surface area contributed by atoms with Gasteiger partial charge in [-0.05, 0) is 50.7 Å². The first-order valence-corrected chi connectivity index (χ1v) is 9.53. The summed E-state index contributed by atoms with van der Waals surface area (Å²) in [5.74, 6) is 0.117. The van der Waals surface area contributed by atoms with E-state index in [0.29, 0.717) is 30.0 Å². The number of unbranched alkanes of at least 4 members (excludes halogenated alkanes) is 1. The van der Waals surface area contributed by atoms with Crippen molar-refractivity contribution in [3.05, 3.63) is 58.4 Å². The monoisotopic (exact) mass is 376 g/mol. The Hall–Kier alpha value is -1.62. The number of hydrogen-bond acceptors (Lipinski definition) is 3. The van der Waals surface area contributed by atoms with Crippen LogP contribution < -0.4 is 5.73 Å². The van der Waals surface area contributed by atoms with Gasteiger partial charge in [0.25, 0.3) is 0 Å². The average Bonchev–Trinajstić information content (AvgIpc) is 2.92. The highest BCUT2D eigenvalue weighted by Crippen LogP contribution is 2.25. The van der Waals surface area contributed by atoms with Crippen LogP contribution in [-0.2, 0) is 19.9 Å². The first-order valence-electron chi connectivity index (χ1n) is 9.15. The van der Waals surface area contributed by atoms with E-state index in [1.54, 1.807) is 6.07 Å². The van der Waals surface area contributed by atoms with E-state index >= 15 is 0 Å². The Labute approximate surface area is 161 Å². The van der Waals surface area contributed by atoms with Crippen molar-refractivity contribution in [2.45, 2.75) is 51.0 Å². The Bertz CT molecular complexity index is 723. The first-order chi connectivity index (χ1) is 12.3. The van der Waals surface area contributed by atoms with Crippen LogP contribution in [0.4, 0.5) is 0 Å². The van der Waals surface area contributed by atoms with E-state index in [1.807, 2.05) is 36.7 Å². The van der Waals surface area contributed by atoms with E-state index in [9.17, 15) is 9.90 Å².